The highest BCUT2D eigenvalue weighted by Crippen LogP contribution is 2.28. The van der Waals surface area contributed by atoms with E-state index in [4.69, 9.17) is 39.5 Å². The van der Waals surface area contributed by atoms with E-state index in [0.717, 1.165) is 0 Å². The number of cyclic esters (lactones) is 1. The third-order valence-corrected chi connectivity index (χ3v) is 3.94. The number of ether oxygens (including phenoxy) is 1. The topological polar surface area (TPSA) is 38.7 Å². The average Bonchev–Trinajstić information content (AvgIpc) is 2.84. The minimum absolute atomic E-state index is 0.0235. The molecular formula is C16H7Cl3FNO2. The number of benzene rings is 2. The van der Waals surface area contributed by atoms with E-state index in [9.17, 15) is 9.18 Å². The number of hydrogen-bond donors (Lipinski definition) is 0. The molecule has 7 heteroatoms. The lowest BCUT2D eigenvalue weighted by atomic mass is 10.2. The Labute approximate surface area is 145 Å². The summed E-state index contributed by atoms with van der Waals surface area (Å²) >= 11 is 17.8. The molecule has 1 heterocycles. The van der Waals surface area contributed by atoms with Crippen LogP contribution in [-0.2, 0) is 9.53 Å². The summed E-state index contributed by atoms with van der Waals surface area (Å²) in [7, 11) is 0. The van der Waals surface area contributed by atoms with Crippen molar-refractivity contribution < 1.29 is 13.9 Å². The van der Waals surface area contributed by atoms with Gasteiger partial charge in [0, 0.05) is 10.6 Å². The molecule has 0 aliphatic carbocycles. The first-order valence-corrected chi connectivity index (χ1v) is 7.51. The molecule has 2 aromatic rings. The van der Waals surface area contributed by atoms with E-state index in [2.05, 4.69) is 4.99 Å². The maximum absolute atomic E-state index is 13.8. The fourth-order valence-electron chi connectivity index (χ4n) is 1.97. The fraction of sp³-hybridized carbons (Fsp3) is 0. The van der Waals surface area contributed by atoms with E-state index in [1.54, 1.807) is 12.1 Å². The first-order chi connectivity index (χ1) is 11.0. The molecule has 3 rings (SSSR count). The summed E-state index contributed by atoms with van der Waals surface area (Å²) in [6, 6.07) is 8.89. The van der Waals surface area contributed by atoms with Crippen LogP contribution in [0.25, 0.3) is 6.08 Å². The van der Waals surface area contributed by atoms with E-state index in [0.29, 0.717) is 10.6 Å². The molecule has 0 fully saturated rings. The molecule has 0 saturated heterocycles. The molecule has 0 spiro atoms. The summed E-state index contributed by atoms with van der Waals surface area (Å²) in [5.41, 5.74) is 0.402. The predicted octanol–water partition coefficient (Wildman–Crippen LogP) is 5.13. The number of carbonyl (C=O) groups is 1. The Bertz CT molecular complexity index is 857. The zero-order chi connectivity index (χ0) is 16.6. The second kappa shape index (κ2) is 6.32. The molecule has 23 heavy (non-hydrogen) atoms. The number of hydrogen-bond acceptors (Lipinski definition) is 3. The number of carbonyl (C=O) groups excluding carboxylic acids is 1. The Morgan fingerprint density at radius 3 is 2.57 bits per heavy atom. The Balaban J connectivity index is 2.03. The standard InChI is InChI=1S/C16H7Cl3FNO2/c17-8-4-5-9(12(19)6-8)15-21-14(16(22)23-15)7-10-11(18)2-1-3-13(10)20/h1-7H. The molecule has 1 aliphatic rings. The van der Waals surface area contributed by atoms with Gasteiger partial charge < -0.3 is 4.74 Å². The molecule has 2 aromatic carbocycles. The number of halogens is 4. The quantitative estimate of drug-likeness (QED) is 0.543. The van der Waals surface area contributed by atoms with Gasteiger partial charge in [-0.1, -0.05) is 40.9 Å². The summed E-state index contributed by atoms with van der Waals surface area (Å²) < 4.78 is 18.9. The van der Waals surface area contributed by atoms with Gasteiger partial charge in [0.1, 0.15) is 5.82 Å². The van der Waals surface area contributed by atoms with Gasteiger partial charge in [0.05, 0.1) is 15.6 Å². The van der Waals surface area contributed by atoms with Gasteiger partial charge in [0.25, 0.3) is 0 Å². The monoisotopic (exact) mass is 369 g/mol. The van der Waals surface area contributed by atoms with Crippen LogP contribution in [0.2, 0.25) is 15.1 Å². The molecule has 0 N–H and O–H groups in total. The fourth-order valence-corrected chi connectivity index (χ4v) is 2.68. The van der Waals surface area contributed by atoms with Gasteiger partial charge in [0.2, 0.25) is 5.90 Å². The third kappa shape index (κ3) is 3.24. The lowest BCUT2D eigenvalue weighted by molar-refractivity contribution is -0.129. The summed E-state index contributed by atoms with van der Waals surface area (Å²) in [5, 5.41) is 0.894. The third-order valence-electron chi connectivity index (χ3n) is 3.06. The number of nitrogens with zero attached hydrogens (tertiary/aromatic N) is 1. The van der Waals surface area contributed by atoms with Crippen LogP contribution >= 0.6 is 34.8 Å². The first kappa shape index (κ1) is 16.0. The normalized spacial score (nSPS) is 15.7. The molecular weight excluding hydrogens is 364 g/mol. The van der Waals surface area contributed by atoms with Gasteiger partial charge in [-0.05, 0) is 36.4 Å². The van der Waals surface area contributed by atoms with Crippen molar-refractivity contribution in [1.29, 1.82) is 0 Å². The first-order valence-electron chi connectivity index (χ1n) is 6.37. The molecule has 0 unspecified atom stereocenters. The lowest BCUT2D eigenvalue weighted by Crippen LogP contribution is -2.06. The van der Waals surface area contributed by atoms with E-state index in [1.807, 2.05) is 0 Å². The van der Waals surface area contributed by atoms with Crippen molar-refractivity contribution in [2.45, 2.75) is 0 Å². The summed E-state index contributed by atoms with van der Waals surface area (Å²) in [6.07, 6.45) is 1.23. The zero-order valence-corrected chi connectivity index (χ0v) is 13.6. The number of aliphatic imine (C=N–C) groups is 1. The largest absolute Gasteiger partial charge is 0.402 e. The highest BCUT2D eigenvalue weighted by atomic mass is 35.5. The zero-order valence-electron chi connectivity index (χ0n) is 11.3. The molecule has 0 saturated carbocycles. The van der Waals surface area contributed by atoms with Crippen LogP contribution in [0.4, 0.5) is 4.39 Å². The van der Waals surface area contributed by atoms with Crippen LogP contribution in [0.15, 0.2) is 47.1 Å². The number of rotatable bonds is 2. The van der Waals surface area contributed by atoms with Crippen LogP contribution in [0, 0.1) is 5.82 Å². The second-order valence-corrected chi connectivity index (χ2v) is 5.85. The molecule has 0 aromatic heterocycles. The van der Waals surface area contributed by atoms with Crippen molar-refractivity contribution in [3.63, 3.8) is 0 Å². The molecule has 3 nitrogen and oxygen atoms in total. The summed E-state index contributed by atoms with van der Waals surface area (Å²) in [4.78, 5) is 16.0. The smallest absolute Gasteiger partial charge is 0.363 e. The maximum atomic E-state index is 13.8. The lowest BCUT2D eigenvalue weighted by Gasteiger charge is -2.02. The van der Waals surface area contributed by atoms with Gasteiger partial charge in [0.15, 0.2) is 5.70 Å². The number of esters is 1. The highest BCUT2D eigenvalue weighted by molar-refractivity contribution is 6.37. The highest BCUT2D eigenvalue weighted by Gasteiger charge is 2.26. The van der Waals surface area contributed by atoms with Crippen molar-refractivity contribution in [3.05, 3.63) is 74.1 Å². The van der Waals surface area contributed by atoms with E-state index >= 15 is 0 Å². The van der Waals surface area contributed by atoms with Crippen molar-refractivity contribution >= 4 is 52.7 Å². The molecule has 0 amide bonds. The molecule has 0 radical (unpaired) electrons. The van der Waals surface area contributed by atoms with E-state index in [-0.39, 0.29) is 27.2 Å². The van der Waals surface area contributed by atoms with Gasteiger partial charge in [-0.3, -0.25) is 0 Å². The van der Waals surface area contributed by atoms with Crippen molar-refractivity contribution in [2.75, 3.05) is 0 Å². The summed E-state index contributed by atoms with van der Waals surface area (Å²) in [5.74, 6) is -1.26. The second-order valence-electron chi connectivity index (χ2n) is 4.60. The van der Waals surface area contributed by atoms with Crippen molar-refractivity contribution in [3.8, 4) is 0 Å². The van der Waals surface area contributed by atoms with E-state index < -0.39 is 11.8 Å². The molecule has 116 valence electrons. The minimum Gasteiger partial charge on any atom is -0.402 e. The molecule has 1 aliphatic heterocycles. The van der Waals surface area contributed by atoms with E-state index in [1.165, 1.54) is 30.3 Å². The molecule has 0 atom stereocenters. The summed E-state index contributed by atoms with van der Waals surface area (Å²) in [6.45, 7) is 0. The van der Waals surface area contributed by atoms with Crippen LogP contribution in [-0.4, -0.2) is 11.9 Å². The van der Waals surface area contributed by atoms with Crippen LogP contribution in [0.3, 0.4) is 0 Å². The molecule has 0 bridgehead atoms. The van der Waals surface area contributed by atoms with Gasteiger partial charge in [-0.25, -0.2) is 14.2 Å². The Morgan fingerprint density at radius 2 is 1.87 bits per heavy atom. The Morgan fingerprint density at radius 1 is 1.09 bits per heavy atom. The Kier molecular flexibility index (Phi) is 4.39. The van der Waals surface area contributed by atoms with Gasteiger partial charge in [-0.15, -0.1) is 0 Å². The van der Waals surface area contributed by atoms with Gasteiger partial charge in [-0.2, -0.15) is 0 Å². The van der Waals surface area contributed by atoms with Gasteiger partial charge >= 0.3 is 5.97 Å². The van der Waals surface area contributed by atoms with Crippen LogP contribution < -0.4 is 0 Å². The van der Waals surface area contributed by atoms with Crippen molar-refractivity contribution in [1.82, 2.24) is 0 Å². The van der Waals surface area contributed by atoms with Crippen LogP contribution in [0.1, 0.15) is 11.1 Å². The predicted molar refractivity (Wildman–Crippen MR) is 88.5 cm³/mol. The van der Waals surface area contributed by atoms with Crippen molar-refractivity contribution in [2.24, 2.45) is 4.99 Å². The minimum atomic E-state index is -0.717. The average molecular weight is 371 g/mol. The van der Waals surface area contributed by atoms with Crippen LogP contribution in [0.5, 0.6) is 0 Å². The Hall–Kier alpha value is -1.88. The SMILES string of the molecule is O=C1OC(c2ccc(Cl)cc2Cl)=NC1=Cc1c(F)cccc1Cl. The maximum Gasteiger partial charge on any atom is 0.363 e.